The van der Waals surface area contributed by atoms with Crippen LogP contribution in [0.1, 0.15) is 34.8 Å². The van der Waals surface area contributed by atoms with Crippen molar-refractivity contribution in [3.05, 3.63) is 71.8 Å². The molecule has 34 heavy (non-hydrogen) atoms. The zero-order valence-corrected chi connectivity index (χ0v) is 18.7. The third-order valence-electron chi connectivity index (χ3n) is 6.15. The molecule has 2 aromatic carbocycles. The molecule has 174 valence electrons. The highest BCUT2D eigenvalue weighted by Crippen LogP contribution is 2.33. The van der Waals surface area contributed by atoms with Crippen molar-refractivity contribution < 1.29 is 9.18 Å². The zero-order chi connectivity index (χ0) is 23.5. The lowest BCUT2D eigenvalue weighted by atomic mass is 10.1. The van der Waals surface area contributed by atoms with Crippen LogP contribution in [0.4, 0.5) is 10.2 Å². The van der Waals surface area contributed by atoms with Gasteiger partial charge >= 0.3 is 0 Å². The number of nitrogens with two attached hydrogens (primary N) is 1. The number of nitrogen functional groups attached to an aromatic ring is 1. The number of nitrogens with zero attached hydrogens (tertiary/aromatic N) is 4. The summed E-state index contributed by atoms with van der Waals surface area (Å²) in [7, 11) is 0. The first kappa shape index (κ1) is 22.0. The summed E-state index contributed by atoms with van der Waals surface area (Å²) < 4.78 is 15.0. The fourth-order valence-electron chi connectivity index (χ4n) is 4.38. The van der Waals surface area contributed by atoms with Crippen molar-refractivity contribution in [1.82, 2.24) is 30.4 Å². The average Bonchev–Trinajstić information content (AvgIpc) is 3.27. The molecule has 0 unspecified atom stereocenters. The SMILES string of the molecule is Nc1ncnc2c1c(-c1cccc(C(=O)NCCc3ccc(F)cc3)c1)nn2[C@@H]1CCCNC1. The molecule has 0 radical (unpaired) electrons. The second kappa shape index (κ2) is 9.56. The van der Waals surface area contributed by atoms with E-state index < -0.39 is 0 Å². The van der Waals surface area contributed by atoms with Crippen LogP contribution in [0.15, 0.2) is 54.9 Å². The van der Waals surface area contributed by atoms with Crippen molar-refractivity contribution in [3.63, 3.8) is 0 Å². The molecule has 1 saturated heterocycles. The van der Waals surface area contributed by atoms with E-state index in [2.05, 4.69) is 20.6 Å². The number of carbonyl (C=O) groups is 1. The van der Waals surface area contributed by atoms with Gasteiger partial charge in [0.2, 0.25) is 0 Å². The lowest BCUT2D eigenvalue weighted by molar-refractivity contribution is 0.0954. The molecule has 1 atom stereocenters. The Balaban J connectivity index is 1.39. The number of fused-ring (bicyclic) bond motifs is 1. The number of piperidine rings is 1. The minimum atomic E-state index is -0.273. The van der Waals surface area contributed by atoms with Crippen molar-refractivity contribution in [1.29, 1.82) is 0 Å². The van der Waals surface area contributed by atoms with E-state index >= 15 is 0 Å². The maximum absolute atomic E-state index is 13.1. The molecule has 1 amide bonds. The molecule has 2 aromatic heterocycles. The smallest absolute Gasteiger partial charge is 0.251 e. The number of rotatable bonds is 6. The zero-order valence-electron chi connectivity index (χ0n) is 18.7. The van der Waals surface area contributed by atoms with Gasteiger partial charge in [0.1, 0.15) is 23.7 Å². The number of nitrogens with one attached hydrogen (secondary N) is 2. The van der Waals surface area contributed by atoms with Crippen molar-refractivity contribution in [2.24, 2.45) is 0 Å². The monoisotopic (exact) mass is 459 g/mol. The van der Waals surface area contributed by atoms with Crippen molar-refractivity contribution in [2.45, 2.75) is 25.3 Å². The first-order valence-corrected chi connectivity index (χ1v) is 11.4. The fraction of sp³-hybridized carbons (Fsp3) is 0.280. The highest BCUT2D eigenvalue weighted by Gasteiger charge is 2.23. The number of aromatic nitrogens is 4. The number of carbonyl (C=O) groups excluding carboxylic acids is 1. The van der Waals surface area contributed by atoms with Crippen molar-refractivity contribution >= 4 is 22.8 Å². The molecule has 1 fully saturated rings. The summed E-state index contributed by atoms with van der Waals surface area (Å²) in [5.74, 6) is -0.0945. The van der Waals surface area contributed by atoms with Crippen LogP contribution in [-0.4, -0.2) is 45.3 Å². The van der Waals surface area contributed by atoms with E-state index in [-0.39, 0.29) is 17.8 Å². The van der Waals surface area contributed by atoms with Crippen LogP contribution >= 0.6 is 0 Å². The molecule has 3 heterocycles. The van der Waals surface area contributed by atoms with E-state index in [1.165, 1.54) is 18.5 Å². The van der Waals surface area contributed by atoms with Crippen LogP contribution in [0.2, 0.25) is 0 Å². The maximum Gasteiger partial charge on any atom is 0.251 e. The highest BCUT2D eigenvalue weighted by atomic mass is 19.1. The molecule has 1 aliphatic rings. The molecule has 0 aliphatic carbocycles. The van der Waals surface area contributed by atoms with E-state index in [9.17, 15) is 9.18 Å². The molecule has 9 heteroatoms. The van der Waals surface area contributed by atoms with E-state index in [0.29, 0.717) is 41.1 Å². The predicted molar refractivity (Wildman–Crippen MR) is 129 cm³/mol. The Morgan fingerprint density at radius 2 is 2.06 bits per heavy atom. The molecule has 4 N–H and O–H groups in total. The van der Waals surface area contributed by atoms with Gasteiger partial charge in [0, 0.05) is 24.2 Å². The molecule has 5 rings (SSSR count). The number of halogens is 1. The number of amides is 1. The quantitative estimate of drug-likeness (QED) is 0.409. The van der Waals surface area contributed by atoms with E-state index in [4.69, 9.17) is 10.8 Å². The summed E-state index contributed by atoms with van der Waals surface area (Å²) >= 11 is 0. The molecule has 1 aliphatic heterocycles. The molecule has 0 bridgehead atoms. The van der Waals surface area contributed by atoms with Gasteiger partial charge in [-0.05, 0) is 55.6 Å². The normalized spacial score (nSPS) is 16.0. The summed E-state index contributed by atoms with van der Waals surface area (Å²) in [5.41, 5.74) is 9.87. The summed E-state index contributed by atoms with van der Waals surface area (Å²) in [6.07, 6.45) is 4.14. The summed E-state index contributed by atoms with van der Waals surface area (Å²) in [6.45, 7) is 2.26. The Morgan fingerprint density at radius 1 is 1.21 bits per heavy atom. The van der Waals surface area contributed by atoms with Gasteiger partial charge in [0.15, 0.2) is 5.65 Å². The van der Waals surface area contributed by atoms with Gasteiger partial charge in [-0.2, -0.15) is 5.10 Å². The number of anilines is 1. The summed E-state index contributed by atoms with van der Waals surface area (Å²) in [5, 5.41) is 11.9. The first-order valence-electron chi connectivity index (χ1n) is 11.4. The van der Waals surface area contributed by atoms with Gasteiger partial charge in [-0.1, -0.05) is 24.3 Å². The number of benzene rings is 2. The second-order valence-electron chi connectivity index (χ2n) is 8.46. The molecule has 0 spiro atoms. The molecule has 8 nitrogen and oxygen atoms in total. The Kier molecular flexibility index (Phi) is 6.18. The highest BCUT2D eigenvalue weighted by molar-refractivity contribution is 6.00. The third kappa shape index (κ3) is 4.47. The van der Waals surface area contributed by atoms with Crippen LogP contribution in [-0.2, 0) is 6.42 Å². The standard InChI is InChI=1S/C25H26FN7O/c26-19-8-6-16(7-9-19)10-12-29-25(34)18-4-1-3-17(13-18)22-21-23(27)30-15-31-24(21)33(32-22)20-5-2-11-28-14-20/h1,3-4,6-9,13,15,20,28H,2,5,10-12,14H2,(H,29,34)(H2,27,30,31)/t20-/m1/s1. The van der Waals surface area contributed by atoms with Gasteiger partial charge in [-0.3, -0.25) is 4.79 Å². The Bertz CT molecular complexity index is 1310. The molecule has 4 aromatic rings. The van der Waals surface area contributed by atoms with Gasteiger partial charge in [-0.25, -0.2) is 19.0 Å². The second-order valence-corrected chi connectivity index (χ2v) is 8.46. The van der Waals surface area contributed by atoms with Crippen LogP contribution < -0.4 is 16.4 Å². The van der Waals surface area contributed by atoms with Gasteiger partial charge in [-0.15, -0.1) is 0 Å². The molecular formula is C25H26FN7O. The van der Waals surface area contributed by atoms with Crippen molar-refractivity contribution in [3.8, 4) is 11.3 Å². The Morgan fingerprint density at radius 3 is 2.85 bits per heavy atom. The van der Waals surface area contributed by atoms with Crippen LogP contribution in [0.3, 0.4) is 0 Å². The van der Waals surface area contributed by atoms with Crippen LogP contribution in [0.25, 0.3) is 22.3 Å². The van der Waals surface area contributed by atoms with Gasteiger partial charge in [0.05, 0.1) is 11.4 Å². The molecule has 0 saturated carbocycles. The number of hydrogen-bond donors (Lipinski definition) is 3. The lowest BCUT2D eigenvalue weighted by Crippen LogP contribution is -2.32. The number of hydrogen-bond acceptors (Lipinski definition) is 6. The van der Waals surface area contributed by atoms with Crippen molar-refractivity contribution in [2.75, 3.05) is 25.4 Å². The minimum Gasteiger partial charge on any atom is -0.383 e. The Hall–Kier alpha value is -3.85. The predicted octanol–water partition coefficient (Wildman–Crippen LogP) is 3.11. The maximum atomic E-state index is 13.1. The average molecular weight is 460 g/mol. The third-order valence-corrected chi connectivity index (χ3v) is 6.15. The topological polar surface area (TPSA) is 111 Å². The summed E-state index contributed by atoms with van der Waals surface area (Å²) in [4.78, 5) is 21.5. The van der Waals surface area contributed by atoms with Crippen LogP contribution in [0, 0.1) is 5.82 Å². The van der Waals surface area contributed by atoms with E-state index in [1.54, 1.807) is 18.2 Å². The van der Waals surface area contributed by atoms with Gasteiger partial charge in [0.25, 0.3) is 5.91 Å². The van der Waals surface area contributed by atoms with E-state index in [0.717, 1.165) is 37.1 Å². The first-order chi connectivity index (χ1) is 16.6. The lowest BCUT2D eigenvalue weighted by Gasteiger charge is -2.23. The van der Waals surface area contributed by atoms with Crippen LogP contribution in [0.5, 0.6) is 0 Å². The molecular weight excluding hydrogens is 433 g/mol. The fourth-order valence-corrected chi connectivity index (χ4v) is 4.38. The largest absolute Gasteiger partial charge is 0.383 e. The van der Waals surface area contributed by atoms with E-state index in [1.807, 2.05) is 22.9 Å². The summed E-state index contributed by atoms with van der Waals surface area (Å²) in [6, 6.07) is 13.8. The Labute approximate surface area is 196 Å². The van der Waals surface area contributed by atoms with Gasteiger partial charge < -0.3 is 16.4 Å². The minimum absolute atomic E-state index is 0.178.